The van der Waals surface area contributed by atoms with Crippen LogP contribution in [-0.2, 0) is 10.0 Å². The molecule has 1 aliphatic rings. The number of aromatic carboxylic acids is 1. The van der Waals surface area contributed by atoms with Crippen LogP contribution in [0.3, 0.4) is 0 Å². The third kappa shape index (κ3) is 2.86. The van der Waals surface area contributed by atoms with E-state index >= 15 is 0 Å². The normalized spacial score (nSPS) is 16.1. The molecule has 0 atom stereocenters. The standard InChI is InChI=1S/C14H19NO4S/c1-9-11(13(16)17)5-4-6-12(9)20(18,19)15-14(2,3)10-7-8-10/h4-6,10,15H,7-8H2,1-3H3,(H,16,17). The number of rotatable bonds is 5. The summed E-state index contributed by atoms with van der Waals surface area (Å²) in [5, 5.41) is 9.07. The Labute approximate surface area is 119 Å². The Morgan fingerprint density at radius 3 is 2.45 bits per heavy atom. The quantitative estimate of drug-likeness (QED) is 0.872. The maximum atomic E-state index is 12.5. The molecule has 5 nitrogen and oxygen atoms in total. The molecule has 0 heterocycles. The van der Waals surface area contributed by atoms with Gasteiger partial charge in [-0.05, 0) is 57.2 Å². The Hall–Kier alpha value is -1.40. The third-order valence-corrected chi connectivity index (χ3v) is 5.62. The highest BCUT2D eigenvalue weighted by Crippen LogP contribution is 2.40. The van der Waals surface area contributed by atoms with Gasteiger partial charge >= 0.3 is 5.97 Å². The van der Waals surface area contributed by atoms with Crippen LogP contribution in [0.1, 0.15) is 42.6 Å². The topological polar surface area (TPSA) is 83.5 Å². The number of sulfonamides is 1. The minimum atomic E-state index is -3.72. The summed E-state index contributed by atoms with van der Waals surface area (Å²) in [6.07, 6.45) is 2.04. The fourth-order valence-electron chi connectivity index (χ4n) is 2.43. The van der Waals surface area contributed by atoms with Crippen LogP contribution < -0.4 is 4.72 Å². The molecule has 2 N–H and O–H groups in total. The molecule has 0 amide bonds. The Balaban J connectivity index is 2.39. The number of benzene rings is 1. The largest absolute Gasteiger partial charge is 0.478 e. The van der Waals surface area contributed by atoms with E-state index in [2.05, 4.69) is 4.72 Å². The Bertz CT molecular complexity index is 645. The summed E-state index contributed by atoms with van der Waals surface area (Å²) in [7, 11) is -3.72. The van der Waals surface area contributed by atoms with Gasteiger partial charge in [-0.2, -0.15) is 0 Å². The van der Waals surface area contributed by atoms with Gasteiger partial charge in [-0.1, -0.05) is 6.07 Å². The van der Waals surface area contributed by atoms with Gasteiger partial charge in [-0.3, -0.25) is 0 Å². The van der Waals surface area contributed by atoms with E-state index in [0.717, 1.165) is 12.8 Å². The highest BCUT2D eigenvalue weighted by molar-refractivity contribution is 7.89. The van der Waals surface area contributed by atoms with Crippen LogP contribution in [0.5, 0.6) is 0 Å². The molecule has 1 fully saturated rings. The van der Waals surface area contributed by atoms with Gasteiger partial charge in [0.05, 0.1) is 10.5 Å². The summed E-state index contributed by atoms with van der Waals surface area (Å²) in [5.74, 6) is -0.777. The minimum Gasteiger partial charge on any atom is -0.478 e. The average Bonchev–Trinajstić information content (AvgIpc) is 3.10. The van der Waals surface area contributed by atoms with Gasteiger partial charge in [-0.25, -0.2) is 17.9 Å². The molecule has 0 aromatic heterocycles. The number of carbonyl (C=O) groups is 1. The van der Waals surface area contributed by atoms with Crippen molar-refractivity contribution < 1.29 is 18.3 Å². The number of carboxylic acid groups (broad SMARTS) is 1. The van der Waals surface area contributed by atoms with Crippen molar-refractivity contribution >= 4 is 16.0 Å². The van der Waals surface area contributed by atoms with Crippen molar-refractivity contribution in [2.24, 2.45) is 5.92 Å². The van der Waals surface area contributed by atoms with Crippen molar-refractivity contribution in [1.82, 2.24) is 4.72 Å². The van der Waals surface area contributed by atoms with Gasteiger partial charge in [0.25, 0.3) is 0 Å². The number of carboxylic acids is 1. The van der Waals surface area contributed by atoms with Crippen LogP contribution in [0.15, 0.2) is 23.1 Å². The van der Waals surface area contributed by atoms with Crippen molar-refractivity contribution in [2.45, 2.75) is 44.0 Å². The third-order valence-electron chi connectivity index (χ3n) is 3.80. The first-order valence-electron chi connectivity index (χ1n) is 6.52. The molecule has 110 valence electrons. The highest BCUT2D eigenvalue weighted by Gasteiger charge is 2.41. The smallest absolute Gasteiger partial charge is 0.335 e. The van der Waals surface area contributed by atoms with Crippen molar-refractivity contribution in [1.29, 1.82) is 0 Å². The average molecular weight is 297 g/mol. The second-order valence-corrected chi connectivity index (χ2v) is 7.49. The van der Waals surface area contributed by atoms with Crippen LogP contribution in [-0.4, -0.2) is 25.0 Å². The predicted octanol–water partition coefficient (Wildman–Crippen LogP) is 2.16. The molecule has 0 unspecified atom stereocenters. The summed E-state index contributed by atoms with van der Waals surface area (Å²) in [6.45, 7) is 5.24. The van der Waals surface area contributed by atoms with E-state index in [-0.39, 0.29) is 16.0 Å². The summed E-state index contributed by atoms with van der Waals surface area (Å²) in [6, 6.07) is 4.30. The van der Waals surface area contributed by atoms with Gasteiger partial charge in [-0.15, -0.1) is 0 Å². The second-order valence-electron chi connectivity index (χ2n) is 5.84. The van der Waals surface area contributed by atoms with Crippen LogP contribution >= 0.6 is 0 Å². The summed E-state index contributed by atoms with van der Waals surface area (Å²) in [5.41, 5.74) is -0.235. The molecule has 0 radical (unpaired) electrons. The van der Waals surface area contributed by atoms with E-state index in [1.165, 1.54) is 25.1 Å². The van der Waals surface area contributed by atoms with Crippen LogP contribution in [0.4, 0.5) is 0 Å². The van der Waals surface area contributed by atoms with E-state index < -0.39 is 21.5 Å². The lowest BCUT2D eigenvalue weighted by Crippen LogP contribution is -2.45. The lowest BCUT2D eigenvalue weighted by Gasteiger charge is -2.26. The molecule has 0 saturated heterocycles. The number of nitrogens with one attached hydrogen (secondary N) is 1. The fraction of sp³-hybridized carbons (Fsp3) is 0.500. The van der Waals surface area contributed by atoms with Crippen LogP contribution in [0.2, 0.25) is 0 Å². The number of hydrogen-bond acceptors (Lipinski definition) is 3. The van der Waals surface area contributed by atoms with Crippen molar-refractivity contribution in [3.63, 3.8) is 0 Å². The van der Waals surface area contributed by atoms with E-state index in [4.69, 9.17) is 5.11 Å². The first-order chi connectivity index (χ1) is 9.15. The first-order valence-corrected chi connectivity index (χ1v) is 8.00. The van der Waals surface area contributed by atoms with Gasteiger partial charge in [0, 0.05) is 5.54 Å². The molecule has 1 aromatic carbocycles. The Morgan fingerprint density at radius 1 is 1.35 bits per heavy atom. The minimum absolute atomic E-state index is 0.0112. The molecule has 0 aliphatic heterocycles. The monoisotopic (exact) mass is 297 g/mol. The van der Waals surface area contributed by atoms with E-state index in [1.807, 2.05) is 13.8 Å². The zero-order valence-corrected chi connectivity index (χ0v) is 12.6. The highest BCUT2D eigenvalue weighted by atomic mass is 32.2. The molecule has 1 saturated carbocycles. The second kappa shape index (κ2) is 4.86. The SMILES string of the molecule is Cc1c(C(=O)O)cccc1S(=O)(=O)NC(C)(C)C1CC1. The van der Waals surface area contributed by atoms with Crippen molar-refractivity contribution in [2.75, 3.05) is 0 Å². The molecular formula is C14H19NO4S. The molecular weight excluding hydrogens is 278 g/mol. The fourth-order valence-corrected chi connectivity index (χ4v) is 4.17. The van der Waals surface area contributed by atoms with Gasteiger partial charge < -0.3 is 5.11 Å². The molecule has 2 rings (SSSR count). The van der Waals surface area contributed by atoms with Gasteiger partial charge in [0.1, 0.15) is 0 Å². The van der Waals surface area contributed by atoms with E-state index in [9.17, 15) is 13.2 Å². The lowest BCUT2D eigenvalue weighted by molar-refractivity contribution is 0.0696. The number of hydrogen-bond donors (Lipinski definition) is 2. The molecule has 0 spiro atoms. The summed E-state index contributed by atoms with van der Waals surface area (Å²) >= 11 is 0. The van der Waals surface area contributed by atoms with Gasteiger partial charge in [0.2, 0.25) is 10.0 Å². The van der Waals surface area contributed by atoms with Gasteiger partial charge in [0.15, 0.2) is 0 Å². The molecule has 6 heteroatoms. The zero-order chi connectivity index (χ0) is 15.1. The van der Waals surface area contributed by atoms with Crippen LogP contribution in [0.25, 0.3) is 0 Å². The van der Waals surface area contributed by atoms with Crippen LogP contribution in [0, 0.1) is 12.8 Å². The Morgan fingerprint density at radius 2 is 1.95 bits per heavy atom. The summed E-state index contributed by atoms with van der Waals surface area (Å²) in [4.78, 5) is 11.1. The Kier molecular flexibility index (Phi) is 3.64. The maximum absolute atomic E-state index is 12.5. The van der Waals surface area contributed by atoms with E-state index in [0.29, 0.717) is 5.92 Å². The lowest BCUT2D eigenvalue weighted by atomic mass is 10.0. The first kappa shape index (κ1) is 15.0. The van der Waals surface area contributed by atoms with Crippen molar-refractivity contribution in [3.8, 4) is 0 Å². The molecule has 0 bridgehead atoms. The van der Waals surface area contributed by atoms with E-state index in [1.54, 1.807) is 0 Å². The predicted molar refractivity (Wildman–Crippen MR) is 75.3 cm³/mol. The van der Waals surface area contributed by atoms with Crippen molar-refractivity contribution in [3.05, 3.63) is 29.3 Å². The molecule has 20 heavy (non-hydrogen) atoms. The molecule has 1 aliphatic carbocycles. The zero-order valence-electron chi connectivity index (χ0n) is 11.8. The summed E-state index contributed by atoms with van der Waals surface area (Å²) < 4.78 is 27.6. The molecule has 1 aromatic rings. The maximum Gasteiger partial charge on any atom is 0.335 e.